The fraction of sp³-hybridized carbons (Fsp3) is 0.105. The van der Waals surface area contributed by atoms with Gasteiger partial charge in [0.25, 0.3) is 0 Å². The molecular weight excluding hydrogens is 320 g/mol. The van der Waals surface area contributed by atoms with Gasteiger partial charge >= 0.3 is 11.6 Å². The summed E-state index contributed by atoms with van der Waals surface area (Å²) in [6, 6.07) is 12.4. The number of fused-ring (bicyclic) bond motifs is 2. The molecule has 4 aromatic rings. The average Bonchev–Trinajstić information content (AvgIpc) is 3.03. The van der Waals surface area contributed by atoms with E-state index in [0.29, 0.717) is 16.8 Å². The van der Waals surface area contributed by atoms with E-state index >= 15 is 0 Å². The van der Waals surface area contributed by atoms with Crippen LogP contribution in [0.5, 0.6) is 0 Å². The Bertz CT molecular complexity index is 1120. The largest absolute Gasteiger partial charge is 0.456 e. The summed E-state index contributed by atoms with van der Waals surface area (Å²) < 4.78 is 12.3. The van der Waals surface area contributed by atoms with Gasteiger partial charge in [0, 0.05) is 29.4 Å². The normalized spacial score (nSPS) is 11.1. The number of hydrogen-bond donors (Lipinski definition) is 0. The molecule has 0 unspecified atom stereocenters. The van der Waals surface area contributed by atoms with E-state index in [0.717, 1.165) is 10.9 Å². The number of hydrogen-bond acceptors (Lipinski definition) is 5. The maximum absolute atomic E-state index is 12.3. The Morgan fingerprint density at radius 3 is 2.96 bits per heavy atom. The van der Waals surface area contributed by atoms with Crippen LogP contribution in [0.2, 0.25) is 0 Å². The van der Waals surface area contributed by atoms with Crippen LogP contribution >= 0.6 is 0 Å². The van der Waals surface area contributed by atoms with Crippen molar-refractivity contribution in [2.45, 2.75) is 13.5 Å². The highest BCUT2D eigenvalue weighted by atomic mass is 16.5. The van der Waals surface area contributed by atoms with Crippen LogP contribution in [0.25, 0.3) is 16.6 Å². The molecule has 0 spiro atoms. The highest BCUT2D eigenvalue weighted by molar-refractivity contribution is 5.88. The predicted molar refractivity (Wildman–Crippen MR) is 91.5 cm³/mol. The third-order valence-electron chi connectivity index (χ3n) is 3.92. The zero-order chi connectivity index (χ0) is 17.4. The Kier molecular flexibility index (Phi) is 3.57. The average molecular weight is 334 g/mol. The number of pyridine rings is 1. The topological polar surface area (TPSA) is 73.8 Å². The fourth-order valence-electron chi connectivity index (χ4n) is 2.71. The molecule has 0 aliphatic carbocycles. The van der Waals surface area contributed by atoms with Gasteiger partial charge in [-0.1, -0.05) is 18.2 Å². The second-order valence-electron chi connectivity index (χ2n) is 5.76. The van der Waals surface area contributed by atoms with Gasteiger partial charge in [0.1, 0.15) is 17.8 Å². The third-order valence-corrected chi connectivity index (χ3v) is 3.92. The number of nitrogens with zero attached hydrogens (tertiary/aromatic N) is 2. The van der Waals surface area contributed by atoms with Gasteiger partial charge in [0.15, 0.2) is 5.69 Å². The lowest BCUT2D eigenvalue weighted by Crippen LogP contribution is -2.08. The van der Waals surface area contributed by atoms with E-state index in [2.05, 4.69) is 4.98 Å². The van der Waals surface area contributed by atoms with Crippen LogP contribution in [-0.4, -0.2) is 15.4 Å². The van der Waals surface area contributed by atoms with E-state index in [1.54, 1.807) is 28.9 Å². The maximum Gasteiger partial charge on any atom is 0.358 e. The predicted octanol–water partition coefficient (Wildman–Crippen LogP) is 3.11. The molecule has 0 radical (unpaired) electrons. The SMILES string of the molecule is Cc1ccc2c(COC(=O)c3cn4ccccc4n3)cc(=O)oc2c1. The zero-order valence-electron chi connectivity index (χ0n) is 13.4. The summed E-state index contributed by atoms with van der Waals surface area (Å²) in [4.78, 5) is 28.2. The van der Waals surface area contributed by atoms with Crippen LogP contribution in [0.1, 0.15) is 21.6 Å². The molecule has 0 aliphatic heterocycles. The molecule has 0 bridgehead atoms. The number of ether oxygens (including phenoxy) is 1. The van der Waals surface area contributed by atoms with Crippen molar-refractivity contribution in [3.63, 3.8) is 0 Å². The van der Waals surface area contributed by atoms with Crippen LogP contribution in [0.15, 0.2) is 64.1 Å². The van der Waals surface area contributed by atoms with Gasteiger partial charge in [-0.25, -0.2) is 14.6 Å². The van der Waals surface area contributed by atoms with Gasteiger partial charge in [0.05, 0.1) is 0 Å². The van der Waals surface area contributed by atoms with Crippen molar-refractivity contribution >= 4 is 22.6 Å². The highest BCUT2D eigenvalue weighted by Crippen LogP contribution is 2.19. The van der Waals surface area contributed by atoms with Crippen molar-refractivity contribution in [2.24, 2.45) is 0 Å². The molecule has 0 aliphatic rings. The minimum atomic E-state index is -0.544. The Labute approximate surface area is 142 Å². The molecule has 3 heterocycles. The summed E-state index contributed by atoms with van der Waals surface area (Å²) in [6.07, 6.45) is 3.41. The second-order valence-corrected chi connectivity index (χ2v) is 5.76. The van der Waals surface area contributed by atoms with E-state index in [4.69, 9.17) is 9.15 Å². The summed E-state index contributed by atoms with van der Waals surface area (Å²) in [5.74, 6) is -0.544. The smallest absolute Gasteiger partial charge is 0.358 e. The van der Waals surface area contributed by atoms with Gasteiger partial charge in [-0.15, -0.1) is 0 Å². The van der Waals surface area contributed by atoms with Gasteiger partial charge < -0.3 is 13.6 Å². The summed E-state index contributed by atoms with van der Waals surface area (Å²) in [5, 5.41) is 0.744. The van der Waals surface area contributed by atoms with Crippen LogP contribution < -0.4 is 5.63 Å². The van der Waals surface area contributed by atoms with Gasteiger partial charge in [-0.05, 0) is 30.7 Å². The number of rotatable bonds is 3. The lowest BCUT2D eigenvalue weighted by atomic mass is 10.1. The number of carbonyl (C=O) groups excluding carboxylic acids is 1. The summed E-state index contributed by atoms with van der Waals surface area (Å²) in [6.45, 7) is 1.88. The molecule has 0 saturated carbocycles. The molecule has 4 rings (SSSR count). The van der Waals surface area contributed by atoms with Crippen LogP contribution in [0, 0.1) is 6.92 Å². The van der Waals surface area contributed by atoms with Crippen molar-refractivity contribution in [1.29, 1.82) is 0 Å². The molecule has 124 valence electrons. The summed E-state index contributed by atoms with van der Waals surface area (Å²) in [5.41, 5.74) is 2.46. The molecule has 0 saturated heterocycles. The summed E-state index contributed by atoms with van der Waals surface area (Å²) >= 11 is 0. The number of imidazole rings is 1. The molecule has 6 nitrogen and oxygen atoms in total. The van der Waals surface area contributed by atoms with E-state index in [9.17, 15) is 9.59 Å². The van der Waals surface area contributed by atoms with E-state index in [1.807, 2.05) is 31.2 Å². The van der Waals surface area contributed by atoms with Crippen molar-refractivity contribution < 1.29 is 13.9 Å². The molecule has 3 aromatic heterocycles. The number of aromatic nitrogens is 2. The van der Waals surface area contributed by atoms with Crippen molar-refractivity contribution in [1.82, 2.24) is 9.38 Å². The third kappa shape index (κ3) is 2.89. The van der Waals surface area contributed by atoms with Gasteiger partial charge in [-0.3, -0.25) is 0 Å². The molecule has 0 fully saturated rings. The van der Waals surface area contributed by atoms with Crippen molar-refractivity contribution in [2.75, 3.05) is 0 Å². The first-order valence-corrected chi connectivity index (χ1v) is 7.74. The quantitative estimate of drug-likeness (QED) is 0.425. The molecule has 1 aromatic carbocycles. The van der Waals surface area contributed by atoms with E-state index in [1.165, 1.54) is 6.07 Å². The van der Waals surface area contributed by atoms with Crippen molar-refractivity contribution in [3.05, 3.63) is 82.1 Å². The van der Waals surface area contributed by atoms with Crippen LogP contribution in [-0.2, 0) is 11.3 Å². The molecule has 6 heteroatoms. The molecular formula is C19H14N2O4. The minimum absolute atomic E-state index is 0.0299. The second kappa shape index (κ2) is 5.90. The maximum atomic E-state index is 12.3. The van der Waals surface area contributed by atoms with E-state index < -0.39 is 11.6 Å². The Balaban J connectivity index is 1.61. The number of esters is 1. The first-order chi connectivity index (χ1) is 12.1. The number of benzene rings is 1. The number of aryl methyl sites for hydroxylation is 1. The Morgan fingerprint density at radius 2 is 2.12 bits per heavy atom. The molecule has 0 atom stereocenters. The lowest BCUT2D eigenvalue weighted by Gasteiger charge is -2.06. The highest BCUT2D eigenvalue weighted by Gasteiger charge is 2.14. The van der Waals surface area contributed by atoms with Crippen LogP contribution in [0.4, 0.5) is 0 Å². The number of carbonyl (C=O) groups is 1. The summed E-state index contributed by atoms with van der Waals surface area (Å²) in [7, 11) is 0. The fourth-order valence-corrected chi connectivity index (χ4v) is 2.71. The van der Waals surface area contributed by atoms with Gasteiger partial charge in [0.2, 0.25) is 0 Å². The lowest BCUT2D eigenvalue weighted by molar-refractivity contribution is 0.0467. The minimum Gasteiger partial charge on any atom is -0.456 e. The monoisotopic (exact) mass is 334 g/mol. The molecule has 0 amide bonds. The molecule has 0 N–H and O–H groups in total. The standard InChI is InChI=1S/C19H14N2O4/c1-12-5-6-14-13(9-18(22)25-16(14)8-12)11-24-19(23)15-10-21-7-3-2-4-17(21)20-15/h2-10H,11H2,1H3. The van der Waals surface area contributed by atoms with E-state index in [-0.39, 0.29) is 12.3 Å². The molecule has 25 heavy (non-hydrogen) atoms. The Morgan fingerprint density at radius 1 is 1.24 bits per heavy atom. The van der Waals surface area contributed by atoms with Gasteiger partial charge in [-0.2, -0.15) is 0 Å². The Hall–Kier alpha value is -3.41. The zero-order valence-corrected chi connectivity index (χ0v) is 13.4. The van der Waals surface area contributed by atoms with Crippen molar-refractivity contribution in [3.8, 4) is 0 Å². The first kappa shape index (κ1) is 15.1. The van der Waals surface area contributed by atoms with Crippen LogP contribution in [0.3, 0.4) is 0 Å². The first-order valence-electron chi connectivity index (χ1n) is 7.74.